The minimum Gasteiger partial charge on any atom is -0.361 e. The van der Waals surface area contributed by atoms with E-state index in [9.17, 15) is 4.79 Å². The van der Waals surface area contributed by atoms with Gasteiger partial charge in [-0.2, -0.15) is 0 Å². The zero-order chi connectivity index (χ0) is 16.7. The summed E-state index contributed by atoms with van der Waals surface area (Å²) in [5, 5.41) is 3.89. The van der Waals surface area contributed by atoms with Crippen LogP contribution < -0.4 is 4.90 Å². The van der Waals surface area contributed by atoms with Gasteiger partial charge in [0, 0.05) is 44.0 Å². The van der Waals surface area contributed by atoms with Crippen LogP contribution in [0.15, 0.2) is 23.0 Å². The van der Waals surface area contributed by atoms with Crippen molar-refractivity contribution in [3.05, 3.63) is 35.5 Å². The first-order valence-electron chi connectivity index (χ1n) is 8.32. The highest BCUT2D eigenvalue weighted by Gasteiger charge is 2.46. The highest BCUT2D eigenvalue weighted by atomic mass is 16.5. The molecule has 0 aromatic carbocycles. The average Bonchev–Trinajstić information content (AvgIpc) is 2.92. The maximum Gasteiger partial charge on any atom is 0.259 e. The molecule has 126 valence electrons. The molecule has 1 spiro atoms. The van der Waals surface area contributed by atoms with Gasteiger partial charge in [0.25, 0.3) is 5.91 Å². The van der Waals surface area contributed by atoms with E-state index < -0.39 is 0 Å². The van der Waals surface area contributed by atoms with Crippen LogP contribution in [-0.4, -0.2) is 52.1 Å². The van der Waals surface area contributed by atoms with Crippen molar-refractivity contribution in [2.45, 2.75) is 26.7 Å². The Morgan fingerprint density at radius 2 is 1.83 bits per heavy atom. The third-order valence-corrected chi connectivity index (χ3v) is 5.25. The summed E-state index contributed by atoms with van der Waals surface area (Å²) in [4.78, 5) is 25.5. The minimum atomic E-state index is 0.0451. The van der Waals surface area contributed by atoms with Crippen molar-refractivity contribution in [3.8, 4) is 0 Å². The van der Waals surface area contributed by atoms with E-state index in [1.54, 1.807) is 19.3 Å². The monoisotopic (exact) mass is 327 g/mol. The Morgan fingerprint density at radius 3 is 2.42 bits per heavy atom. The molecule has 0 bridgehead atoms. The lowest BCUT2D eigenvalue weighted by Crippen LogP contribution is -2.61. The van der Waals surface area contributed by atoms with Gasteiger partial charge >= 0.3 is 0 Å². The normalized spacial score (nSPS) is 19.4. The molecule has 0 unspecified atom stereocenters. The number of piperidine rings is 1. The molecule has 4 rings (SSSR count). The van der Waals surface area contributed by atoms with Crippen LogP contribution in [0.2, 0.25) is 0 Å². The molecule has 2 aliphatic heterocycles. The van der Waals surface area contributed by atoms with Crippen molar-refractivity contribution in [2.24, 2.45) is 5.41 Å². The molecule has 0 N–H and O–H groups in total. The van der Waals surface area contributed by atoms with Gasteiger partial charge in [-0.3, -0.25) is 4.79 Å². The molecule has 2 aliphatic rings. The van der Waals surface area contributed by atoms with Crippen molar-refractivity contribution in [3.63, 3.8) is 0 Å². The van der Waals surface area contributed by atoms with Crippen LogP contribution in [0.3, 0.4) is 0 Å². The lowest BCUT2D eigenvalue weighted by atomic mass is 9.72. The molecule has 0 saturated carbocycles. The van der Waals surface area contributed by atoms with Crippen LogP contribution in [-0.2, 0) is 0 Å². The van der Waals surface area contributed by atoms with Crippen molar-refractivity contribution >= 4 is 11.9 Å². The Bertz CT molecular complexity index is 722. The number of hydrogen-bond donors (Lipinski definition) is 0. The van der Waals surface area contributed by atoms with Gasteiger partial charge in [-0.25, -0.2) is 9.97 Å². The fourth-order valence-electron chi connectivity index (χ4n) is 3.81. The number of nitrogens with zero attached hydrogens (tertiary/aromatic N) is 5. The number of amides is 1. The number of carbonyl (C=O) groups excluding carboxylic acids is 1. The third kappa shape index (κ3) is 2.44. The smallest absolute Gasteiger partial charge is 0.259 e. The summed E-state index contributed by atoms with van der Waals surface area (Å²) in [5.41, 5.74) is 1.60. The molecular weight excluding hydrogens is 306 g/mol. The summed E-state index contributed by atoms with van der Waals surface area (Å²) in [6.07, 6.45) is 5.59. The highest BCUT2D eigenvalue weighted by molar-refractivity contribution is 5.96. The van der Waals surface area contributed by atoms with Crippen LogP contribution in [0.5, 0.6) is 0 Å². The number of likely N-dealkylation sites (tertiary alicyclic amines) is 1. The number of rotatable bonds is 2. The van der Waals surface area contributed by atoms with E-state index >= 15 is 0 Å². The number of carbonyl (C=O) groups is 1. The van der Waals surface area contributed by atoms with Gasteiger partial charge in [0.05, 0.1) is 5.69 Å². The highest BCUT2D eigenvalue weighted by Crippen LogP contribution is 2.41. The molecule has 0 aliphatic carbocycles. The van der Waals surface area contributed by atoms with Gasteiger partial charge in [-0.05, 0) is 32.8 Å². The molecule has 0 atom stereocenters. The molecule has 2 aromatic heterocycles. The SMILES string of the molecule is Cc1noc(C)c1C(=O)N1CCC2(CC1)CN(c1ncccn1)C2. The van der Waals surface area contributed by atoms with Crippen molar-refractivity contribution in [1.29, 1.82) is 0 Å². The predicted octanol–water partition coefficient (Wildman–Crippen LogP) is 1.82. The number of aryl methyl sites for hydroxylation is 2. The second-order valence-electron chi connectivity index (χ2n) is 6.90. The van der Waals surface area contributed by atoms with E-state index in [0.29, 0.717) is 22.4 Å². The Labute approximate surface area is 140 Å². The Morgan fingerprint density at radius 1 is 1.17 bits per heavy atom. The van der Waals surface area contributed by atoms with E-state index in [0.717, 1.165) is 45.0 Å². The Kier molecular flexibility index (Phi) is 3.51. The first kappa shape index (κ1) is 15.1. The topological polar surface area (TPSA) is 75.4 Å². The van der Waals surface area contributed by atoms with Gasteiger partial charge in [0.1, 0.15) is 11.3 Å². The molecule has 4 heterocycles. The van der Waals surface area contributed by atoms with E-state index in [1.165, 1.54) is 0 Å². The van der Waals surface area contributed by atoms with E-state index in [1.807, 2.05) is 17.9 Å². The molecule has 0 radical (unpaired) electrons. The molecule has 2 saturated heterocycles. The van der Waals surface area contributed by atoms with Gasteiger partial charge < -0.3 is 14.3 Å². The number of hydrogen-bond acceptors (Lipinski definition) is 6. The second-order valence-corrected chi connectivity index (χ2v) is 6.90. The van der Waals surface area contributed by atoms with Crippen LogP contribution in [0.1, 0.15) is 34.7 Å². The lowest BCUT2D eigenvalue weighted by Gasteiger charge is -2.53. The van der Waals surface area contributed by atoms with E-state index in [2.05, 4.69) is 20.0 Å². The molecular formula is C17H21N5O2. The maximum absolute atomic E-state index is 12.7. The molecule has 1 amide bonds. The lowest BCUT2D eigenvalue weighted by molar-refractivity contribution is 0.0497. The molecule has 2 fully saturated rings. The summed E-state index contributed by atoms with van der Waals surface area (Å²) in [7, 11) is 0. The van der Waals surface area contributed by atoms with Crippen molar-refractivity contribution in [2.75, 3.05) is 31.1 Å². The number of aromatic nitrogens is 3. The van der Waals surface area contributed by atoms with Gasteiger partial charge in [0.15, 0.2) is 0 Å². The molecule has 2 aromatic rings. The quantitative estimate of drug-likeness (QED) is 0.837. The van der Waals surface area contributed by atoms with Crippen LogP contribution in [0.4, 0.5) is 5.95 Å². The maximum atomic E-state index is 12.7. The molecule has 7 heteroatoms. The van der Waals surface area contributed by atoms with E-state index in [4.69, 9.17) is 4.52 Å². The average molecular weight is 327 g/mol. The minimum absolute atomic E-state index is 0.0451. The fourth-order valence-corrected chi connectivity index (χ4v) is 3.81. The van der Waals surface area contributed by atoms with Crippen LogP contribution >= 0.6 is 0 Å². The van der Waals surface area contributed by atoms with Crippen LogP contribution in [0, 0.1) is 19.3 Å². The Balaban J connectivity index is 1.37. The number of anilines is 1. The largest absolute Gasteiger partial charge is 0.361 e. The Hall–Kier alpha value is -2.44. The standard InChI is InChI=1S/C17H21N5O2/c1-12-14(13(2)24-20-12)15(23)21-8-4-17(5-9-21)10-22(11-17)16-18-6-3-7-19-16/h3,6-7H,4-5,8-11H2,1-2H3. The first-order valence-corrected chi connectivity index (χ1v) is 8.32. The predicted molar refractivity (Wildman–Crippen MR) is 87.8 cm³/mol. The summed E-state index contributed by atoms with van der Waals surface area (Å²) < 4.78 is 5.13. The van der Waals surface area contributed by atoms with Gasteiger partial charge in [0.2, 0.25) is 5.95 Å². The molecule has 7 nitrogen and oxygen atoms in total. The summed E-state index contributed by atoms with van der Waals surface area (Å²) >= 11 is 0. The summed E-state index contributed by atoms with van der Waals surface area (Å²) in [6, 6.07) is 1.83. The van der Waals surface area contributed by atoms with Gasteiger partial charge in [-0.15, -0.1) is 0 Å². The summed E-state index contributed by atoms with van der Waals surface area (Å²) in [6.45, 7) is 7.13. The zero-order valence-corrected chi connectivity index (χ0v) is 14.0. The molecule has 24 heavy (non-hydrogen) atoms. The van der Waals surface area contributed by atoms with Crippen LogP contribution in [0.25, 0.3) is 0 Å². The fraction of sp³-hybridized carbons (Fsp3) is 0.529. The first-order chi connectivity index (χ1) is 11.6. The van der Waals surface area contributed by atoms with E-state index in [-0.39, 0.29) is 5.91 Å². The third-order valence-electron chi connectivity index (χ3n) is 5.25. The van der Waals surface area contributed by atoms with Gasteiger partial charge in [-0.1, -0.05) is 5.16 Å². The zero-order valence-electron chi connectivity index (χ0n) is 14.0. The summed E-state index contributed by atoms with van der Waals surface area (Å²) in [5.74, 6) is 1.45. The van der Waals surface area contributed by atoms with Crippen molar-refractivity contribution in [1.82, 2.24) is 20.0 Å². The second kappa shape index (κ2) is 5.58. The van der Waals surface area contributed by atoms with Crippen molar-refractivity contribution < 1.29 is 9.32 Å².